The lowest BCUT2D eigenvalue weighted by molar-refractivity contribution is 0.0667. The molecular formula is C14H18F2N4. The number of rotatable bonds is 4. The van der Waals surface area contributed by atoms with Crippen LogP contribution in [0.5, 0.6) is 0 Å². The molecule has 2 aromatic heterocycles. The number of aryl methyl sites for hydroxylation is 1. The molecule has 0 fully saturated rings. The van der Waals surface area contributed by atoms with Gasteiger partial charge in [0.15, 0.2) is 0 Å². The summed E-state index contributed by atoms with van der Waals surface area (Å²) in [6, 6.07) is 0.370. The molecule has 1 unspecified atom stereocenters. The lowest BCUT2D eigenvalue weighted by Gasteiger charge is -2.21. The summed E-state index contributed by atoms with van der Waals surface area (Å²) < 4.78 is 28.5. The fourth-order valence-electron chi connectivity index (χ4n) is 2.95. The maximum atomic E-state index is 12.8. The minimum Gasteiger partial charge on any atom is -0.346 e. The molecule has 2 aromatic rings. The summed E-state index contributed by atoms with van der Waals surface area (Å²) in [6.45, 7) is -2.16. The van der Waals surface area contributed by atoms with Crippen molar-refractivity contribution in [2.45, 2.75) is 38.4 Å². The van der Waals surface area contributed by atoms with Crippen LogP contribution in [0.25, 0.3) is 0 Å². The van der Waals surface area contributed by atoms with Gasteiger partial charge in [0.25, 0.3) is 0 Å². The zero-order valence-electron chi connectivity index (χ0n) is 11.4. The molecule has 4 nitrogen and oxygen atoms in total. The van der Waals surface area contributed by atoms with E-state index in [4.69, 9.17) is 0 Å². The first kappa shape index (κ1) is 13.3. The van der Waals surface area contributed by atoms with Gasteiger partial charge in [-0.15, -0.1) is 0 Å². The van der Waals surface area contributed by atoms with Gasteiger partial charge in [-0.1, -0.05) is 0 Å². The molecule has 1 N–H and O–H groups in total. The van der Waals surface area contributed by atoms with E-state index in [2.05, 4.69) is 22.7 Å². The average molecular weight is 280 g/mol. The number of imidazole rings is 1. The molecule has 0 radical (unpaired) electrons. The summed E-state index contributed by atoms with van der Waals surface area (Å²) in [4.78, 5) is 4.02. The number of alkyl halides is 2. The van der Waals surface area contributed by atoms with E-state index in [9.17, 15) is 8.78 Å². The molecule has 1 atom stereocenters. The Hall–Kier alpha value is -1.69. The van der Waals surface area contributed by atoms with Crippen LogP contribution < -0.4 is 5.32 Å². The third-order valence-electron chi connectivity index (χ3n) is 3.94. The highest BCUT2D eigenvalue weighted by atomic mass is 19.3. The first-order valence-corrected chi connectivity index (χ1v) is 6.84. The number of nitrogens with one attached hydrogen (secondary N) is 1. The van der Waals surface area contributed by atoms with Crippen LogP contribution in [-0.4, -0.2) is 21.2 Å². The van der Waals surface area contributed by atoms with Crippen molar-refractivity contribution in [2.24, 2.45) is 0 Å². The first-order valence-electron chi connectivity index (χ1n) is 6.84. The normalized spacial score (nSPS) is 18.5. The molecule has 0 aromatic carbocycles. The van der Waals surface area contributed by atoms with E-state index in [0.717, 1.165) is 23.8 Å². The summed E-state index contributed by atoms with van der Waals surface area (Å²) in [5.41, 5.74) is 2.60. The maximum absolute atomic E-state index is 12.8. The Bertz CT molecular complexity index is 588. The Balaban J connectivity index is 1.85. The third kappa shape index (κ3) is 2.35. The summed E-state index contributed by atoms with van der Waals surface area (Å²) >= 11 is 0. The van der Waals surface area contributed by atoms with Gasteiger partial charge in [0.2, 0.25) is 0 Å². The molecule has 2 heterocycles. The largest absolute Gasteiger partial charge is 0.346 e. The van der Waals surface area contributed by atoms with E-state index in [1.807, 2.05) is 11.6 Å². The van der Waals surface area contributed by atoms with E-state index in [1.54, 1.807) is 0 Å². The number of fused-ring (bicyclic) bond motifs is 1. The van der Waals surface area contributed by atoms with E-state index in [1.165, 1.54) is 23.5 Å². The molecule has 1 aliphatic carbocycles. The second-order valence-electron chi connectivity index (χ2n) is 5.17. The highest BCUT2D eigenvalue weighted by Gasteiger charge is 2.21. The molecule has 3 rings (SSSR count). The number of nitrogens with zero attached hydrogens (tertiary/aromatic N) is 3. The topological polar surface area (TPSA) is 34.8 Å². The second-order valence-corrected chi connectivity index (χ2v) is 5.17. The van der Waals surface area contributed by atoms with Crippen molar-refractivity contribution in [3.8, 4) is 0 Å². The summed E-state index contributed by atoms with van der Waals surface area (Å²) in [5.74, 6) is 0.383. The standard InChI is InChI=1S/C14H18F2N4/c1-17-12-4-2-3-10-7-19(8-11(10)12)9-13-18-5-6-20(13)14(15)16/h5-8,12,14,17H,2-4,9H2,1H3. The summed E-state index contributed by atoms with van der Waals surface area (Å²) in [7, 11) is 1.96. The fourth-order valence-corrected chi connectivity index (χ4v) is 2.95. The molecule has 0 saturated heterocycles. The molecule has 0 bridgehead atoms. The predicted octanol–water partition coefficient (Wildman–Crippen LogP) is 2.72. The van der Waals surface area contributed by atoms with Gasteiger partial charge >= 0.3 is 6.55 Å². The number of halogens is 2. The highest BCUT2D eigenvalue weighted by molar-refractivity contribution is 5.30. The van der Waals surface area contributed by atoms with Gasteiger partial charge in [0.1, 0.15) is 5.82 Å². The Kier molecular flexibility index (Phi) is 3.56. The maximum Gasteiger partial charge on any atom is 0.319 e. The molecule has 0 spiro atoms. The Labute approximate surface area is 116 Å². The van der Waals surface area contributed by atoms with E-state index in [-0.39, 0.29) is 0 Å². The van der Waals surface area contributed by atoms with Crippen molar-refractivity contribution < 1.29 is 8.78 Å². The number of hydrogen-bond donors (Lipinski definition) is 1. The van der Waals surface area contributed by atoms with Gasteiger partial charge < -0.3 is 9.88 Å². The van der Waals surface area contributed by atoms with Crippen LogP contribution in [-0.2, 0) is 13.0 Å². The van der Waals surface area contributed by atoms with Gasteiger partial charge in [-0.25, -0.2) is 4.98 Å². The number of aromatic nitrogens is 3. The van der Waals surface area contributed by atoms with Crippen LogP contribution in [0.3, 0.4) is 0 Å². The van der Waals surface area contributed by atoms with Crippen LogP contribution >= 0.6 is 0 Å². The minimum absolute atomic E-state index is 0.370. The van der Waals surface area contributed by atoms with Crippen molar-refractivity contribution in [3.63, 3.8) is 0 Å². The van der Waals surface area contributed by atoms with E-state index < -0.39 is 6.55 Å². The smallest absolute Gasteiger partial charge is 0.319 e. The lowest BCUT2D eigenvalue weighted by atomic mass is 9.91. The van der Waals surface area contributed by atoms with Gasteiger partial charge in [0, 0.05) is 30.8 Å². The predicted molar refractivity (Wildman–Crippen MR) is 71.8 cm³/mol. The van der Waals surface area contributed by atoms with E-state index >= 15 is 0 Å². The van der Waals surface area contributed by atoms with Crippen LogP contribution in [0, 0.1) is 0 Å². The van der Waals surface area contributed by atoms with Crippen LogP contribution in [0.15, 0.2) is 24.8 Å². The molecule has 108 valence electrons. The van der Waals surface area contributed by atoms with Crippen LogP contribution in [0.1, 0.15) is 42.4 Å². The van der Waals surface area contributed by atoms with Crippen molar-refractivity contribution in [3.05, 3.63) is 41.7 Å². The summed E-state index contributed by atoms with van der Waals surface area (Å²) in [6.07, 6.45) is 10.2. The Morgan fingerprint density at radius 3 is 3.05 bits per heavy atom. The molecule has 0 amide bonds. The molecule has 0 saturated carbocycles. The van der Waals surface area contributed by atoms with Crippen molar-refractivity contribution >= 4 is 0 Å². The average Bonchev–Trinajstić information content (AvgIpc) is 3.04. The quantitative estimate of drug-likeness (QED) is 0.934. The van der Waals surface area contributed by atoms with Crippen molar-refractivity contribution in [1.29, 1.82) is 0 Å². The van der Waals surface area contributed by atoms with Crippen LogP contribution in [0.2, 0.25) is 0 Å². The van der Waals surface area contributed by atoms with Gasteiger partial charge in [-0.3, -0.25) is 4.57 Å². The monoisotopic (exact) mass is 280 g/mol. The lowest BCUT2D eigenvalue weighted by Crippen LogP contribution is -2.20. The minimum atomic E-state index is -2.54. The Morgan fingerprint density at radius 1 is 1.45 bits per heavy atom. The number of hydrogen-bond acceptors (Lipinski definition) is 2. The second kappa shape index (κ2) is 5.36. The molecule has 6 heteroatoms. The molecular weight excluding hydrogens is 262 g/mol. The van der Waals surface area contributed by atoms with Gasteiger partial charge in [-0.05, 0) is 37.4 Å². The van der Waals surface area contributed by atoms with Gasteiger partial charge in [-0.2, -0.15) is 8.78 Å². The zero-order chi connectivity index (χ0) is 14.1. The third-order valence-corrected chi connectivity index (χ3v) is 3.94. The fraction of sp³-hybridized carbons (Fsp3) is 0.500. The molecule has 0 aliphatic heterocycles. The van der Waals surface area contributed by atoms with Crippen molar-refractivity contribution in [1.82, 2.24) is 19.4 Å². The highest BCUT2D eigenvalue weighted by Crippen LogP contribution is 2.30. The molecule has 20 heavy (non-hydrogen) atoms. The summed E-state index contributed by atoms with van der Waals surface area (Å²) in [5, 5.41) is 3.31. The zero-order valence-corrected chi connectivity index (χ0v) is 11.4. The van der Waals surface area contributed by atoms with E-state index in [0.29, 0.717) is 18.4 Å². The first-order chi connectivity index (χ1) is 9.69. The SMILES string of the molecule is CNC1CCCc2cn(Cc3nccn3C(F)F)cc21. The van der Waals surface area contributed by atoms with Gasteiger partial charge in [0.05, 0.1) is 6.54 Å². The molecule has 1 aliphatic rings. The van der Waals surface area contributed by atoms with Crippen molar-refractivity contribution in [2.75, 3.05) is 7.05 Å². The van der Waals surface area contributed by atoms with Crippen LogP contribution in [0.4, 0.5) is 8.78 Å². The Morgan fingerprint density at radius 2 is 2.30 bits per heavy atom.